The summed E-state index contributed by atoms with van der Waals surface area (Å²) >= 11 is 0. The van der Waals surface area contributed by atoms with Crippen LogP contribution >= 0.6 is 0 Å². The molecule has 2 heterocycles. The molecule has 2 rings (SSSR count). The molecule has 0 spiro atoms. The van der Waals surface area contributed by atoms with Crippen molar-refractivity contribution in [1.82, 2.24) is 4.98 Å². The molecule has 1 aromatic rings. The van der Waals surface area contributed by atoms with E-state index in [0.717, 1.165) is 43.9 Å². The van der Waals surface area contributed by atoms with Crippen LogP contribution in [0.2, 0.25) is 0 Å². The lowest BCUT2D eigenvalue weighted by atomic mass is 10.3. The van der Waals surface area contributed by atoms with E-state index < -0.39 is 0 Å². The molecule has 1 saturated heterocycles. The summed E-state index contributed by atoms with van der Waals surface area (Å²) in [4.78, 5) is 6.40. The first-order valence-electron chi connectivity index (χ1n) is 5.91. The summed E-state index contributed by atoms with van der Waals surface area (Å²) in [6.45, 7) is 4.74. The Morgan fingerprint density at radius 3 is 3.12 bits per heavy atom. The van der Waals surface area contributed by atoms with Crippen LogP contribution in [0.15, 0.2) is 18.5 Å². The summed E-state index contributed by atoms with van der Waals surface area (Å²) in [5.74, 6) is 0. The molecule has 1 atom stereocenters. The van der Waals surface area contributed by atoms with Gasteiger partial charge in [-0.15, -0.1) is 0 Å². The quantitative estimate of drug-likeness (QED) is 0.808. The maximum absolute atomic E-state index is 9.49. The number of anilines is 2. The van der Waals surface area contributed by atoms with Crippen molar-refractivity contribution in [3.63, 3.8) is 0 Å². The van der Waals surface area contributed by atoms with Crippen molar-refractivity contribution in [1.29, 1.82) is 0 Å². The molecule has 0 amide bonds. The summed E-state index contributed by atoms with van der Waals surface area (Å²) in [5, 5.41) is 12.8. The van der Waals surface area contributed by atoms with Crippen molar-refractivity contribution in [2.75, 3.05) is 29.9 Å². The van der Waals surface area contributed by atoms with Crippen molar-refractivity contribution in [3.8, 4) is 0 Å². The second-order valence-electron chi connectivity index (χ2n) is 4.25. The zero-order chi connectivity index (χ0) is 11.4. The van der Waals surface area contributed by atoms with E-state index in [2.05, 4.69) is 28.2 Å². The maximum atomic E-state index is 9.49. The molecule has 4 heteroatoms. The normalized spacial score (nSPS) is 20.1. The van der Waals surface area contributed by atoms with Crippen molar-refractivity contribution < 1.29 is 5.11 Å². The molecule has 0 aromatic carbocycles. The molecule has 4 nitrogen and oxygen atoms in total. The lowest BCUT2D eigenvalue weighted by Crippen LogP contribution is -2.21. The summed E-state index contributed by atoms with van der Waals surface area (Å²) in [6, 6.07) is 2.10. The third-order valence-electron chi connectivity index (χ3n) is 2.83. The van der Waals surface area contributed by atoms with Crippen LogP contribution in [0.25, 0.3) is 0 Å². The Morgan fingerprint density at radius 1 is 1.56 bits per heavy atom. The molecule has 1 fully saturated rings. The molecule has 0 saturated carbocycles. The van der Waals surface area contributed by atoms with Gasteiger partial charge in [-0.3, -0.25) is 4.98 Å². The lowest BCUT2D eigenvalue weighted by molar-refractivity contribution is 0.198. The highest BCUT2D eigenvalue weighted by atomic mass is 16.3. The molecule has 0 radical (unpaired) electrons. The van der Waals surface area contributed by atoms with Crippen LogP contribution < -0.4 is 10.2 Å². The highest BCUT2D eigenvalue weighted by Crippen LogP contribution is 2.22. The fourth-order valence-corrected chi connectivity index (χ4v) is 1.94. The smallest absolute Gasteiger partial charge is 0.0731 e. The molecule has 1 unspecified atom stereocenters. The van der Waals surface area contributed by atoms with Crippen molar-refractivity contribution in [2.24, 2.45) is 0 Å². The Labute approximate surface area is 96.3 Å². The summed E-state index contributed by atoms with van der Waals surface area (Å²) < 4.78 is 0. The van der Waals surface area contributed by atoms with E-state index in [0.29, 0.717) is 0 Å². The number of nitrogens with zero attached hydrogens (tertiary/aromatic N) is 2. The number of β-amino-alcohol motifs (C(OH)–C–C–N with tert-alkyl or cyclic N) is 1. The van der Waals surface area contributed by atoms with Crippen LogP contribution in [0, 0.1) is 0 Å². The summed E-state index contributed by atoms with van der Waals surface area (Å²) in [5.41, 5.74) is 2.15. The Kier molecular flexibility index (Phi) is 3.62. The first kappa shape index (κ1) is 11.2. The number of rotatable bonds is 4. The molecule has 1 aliphatic heterocycles. The molecule has 16 heavy (non-hydrogen) atoms. The van der Waals surface area contributed by atoms with Gasteiger partial charge in [-0.2, -0.15) is 0 Å². The first-order chi connectivity index (χ1) is 7.79. The largest absolute Gasteiger partial charge is 0.391 e. The van der Waals surface area contributed by atoms with Gasteiger partial charge < -0.3 is 15.3 Å². The fourth-order valence-electron chi connectivity index (χ4n) is 1.94. The molecule has 0 aliphatic carbocycles. The van der Waals surface area contributed by atoms with E-state index in [1.165, 1.54) is 0 Å². The van der Waals surface area contributed by atoms with Gasteiger partial charge in [0.15, 0.2) is 0 Å². The average Bonchev–Trinajstić information content (AvgIpc) is 2.74. The molecule has 2 N–H and O–H groups in total. The number of aliphatic hydroxyl groups is 1. The Bertz CT molecular complexity index is 343. The third kappa shape index (κ3) is 2.64. The average molecular weight is 221 g/mol. The molecule has 1 aliphatic rings. The highest BCUT2D eigenvalue weighted by molar-refractivity contribution is 5.56. The molecule has 88 valence electrons. The SMILES string of the molecule is CCCNc1cncc(N2CCC(O)C2)c1. The number of aromatic nitrogens is 1. The van der Waals surface area contributed by atoms with Crippen molar-refractivity contribution >= 4 is 11.4 Å². The van der Waals surface area contributed by atoms with Crippen LogP contribution in [-0.4, -0.2) is 35.8 Å². The third-order valence-corrected chi connectivity index (χ3v) is 2.83. The van der Waals surface area contributed by atoms with Crippen LogP contribution in [0.4, 0.5) is 11.4 Å². The number of pyridine rings is 1. The van der Waals surface area contributed by atoms with Crippen LogP contribution in [0.1, 0.15) is 19.8 Å². The van der Waals surface area contributed by atoms with Gasteiger partial charge in [-0.25, -0.2) is 0 Å². The maximum Gasteiger partial charge on any atom is 0.0731 e. The van der Waals surface area contributed by atoms with E-state index >= 15 is 0 Å². The lowest BCUT2D eigenvalue weighted by Gasteiger charge is -2.18. The molecular formula is C12H19N3O. The summed E-state index contributed by atoms with van der Waals surface area (Å²) in [7, 11) is 0. The standard InChI is InChI=1S/C12H19N3O/c1-2-4-14-10-6-11(8-13-7-10)15-5-3-12(16)9-15/h6-8,12,14,16H,2-5,9H2,1H3. The topological polar surface area (TPSA) is 48.4 Å². The Balaban J connectivity index is 2.04. The van der Waals surface area contributed by atoms with E-state index in [9.17, 15) is 5.11 Å². The van der Waals surface area contributed by atoms with Gasteiger partial charge in [-0.05, 0) is 18.9 Å². The van der Waals surface area contributed by atoms with Gasteiger partial charge in [0.1, 0.15) is 0 Å². The minimum absolute atomic E-state index is 0.188. The Morgan fingerprint density at radius 2 is 2.44 bits per heavy atom. The van der Waals surface area contributed by atoms with Gasteiger partial charge in [0.2, 0.25) is 0 Å². The fraction of sp³-hybridized carbons (Fsp3) is 0.583. The second kappa shape index (κ2) is 5.16. The number of aliphatic hydroxyl groups excluding tert-OH is 1. The number of hydrogen-bond acceptors (Lipinski definition) is 4. The molecule has 0 bridgehead atoms. The molecule has 1 aromatic heterocycles. The van der Waals surface area contributed by atoms with Gasteiger partial charge in [0, 0.05) is 19.6 Å². The van der Waals surface area contributed by atoms with Gasteiger partial charge >= 0.3 is 0 Å². The first-order valence-corrected chi connectivity index (χ1v) is 5.91. The van der Waals surface area contributed by atoms with Crippen molar-refractivity contribution in [3.05, 3.63) is 18.5 Å². The predicted octanol–water partition coefficient (Wildman–Crippen LogP) is 1.47. The Hall–Kier alpha value is -1.29. The molecular weight excluding hydrogens is 202 g/mol. The van der Waals surface area contributed by atoms with E-state index in [4.69, 9.17) is 0 Å². The number of nitrogens with one attached hydrogen (secondary N) is 1. The van der Waals surface area contributed by atoms with Crippen molar-refractivity contribution in [2.45, 2.75) is 25.9 Å². The minimum Gasteiger partial charge on any atom is -0.391 e. The van der Waals surface area contributed by atoms with Crippen LogP contribution in [-0.2, 0) is 0 Å². The van der Waals surface area contributed by atoms with Crippen LogP contribution in [0.5, 0.6) is 0 Å². The number of hydrogen-bond donors (Lipinski definition) is 2. The monoisotopic (exact) mass is 221 g/mol. The predicted molar refractivity (Wildman–Crippen MR) is 65.9 cm³/mol. The summed E-state index contributed by atoms with van der Waals surface area (Å²) in [6.07, 6.45) is 5.47. The minimum atomic E-state index is -0.188. The van der Waals surface area contributed by atoms with E-state index in [-0.39, 0.29) is 6.10 Å². The van der Waals surface area contributed by atoms with E-state index in [1.807, 2.05) is 12.4 Å². The van der Waals surface area contributed by atoms with Gasteiger partial charge in [0.25, 0.3) is 0 Å². The zero-order valence-electron chi connectivity index (χ0n) is 9.69. The van der Waals surface area contributed by atoms with Crippen LogP contribution in [0.3, 0.4) is 0 Å². The van der Waals surface area contributed by atoms with E-state index in [1.54, 1.807) is 0 Å². The highest BCUT2D eigenvalue weighted by Gasteiger charge is 2.20. The van der Waals surface area contributed by atoms with Gasteiger partial charge in [0.05, 0.1) is 29.9 Å². The van der Waals surface area contributed by atoms with Gasteiger partial charge in [-0.1, -0.05) is 6.92 Å². The zero-order valence-corrected chi connectivity index (χ0v) is 9.69. The second-order valence-corrected chi connectivity index (χ2v) is 4.25.